The van der Waals surface area contributed by atoms with Crippen LogP contribution in [0.25, 0.3) is 11.3 Å². The van der Waals surface area contributed by atoms with Gasteiger partial charge in [-0.2, -0.15) is 10.4 Å². The number of rotatable bonds is 9. The SMILES string of the molecule is COc1cncc(OC[C@H](CN)OC)c1-c1cc(Nc2cnc(C#N)cn2)n[nH]1. The maximum Gasteiger partial charge on any atom is 0.158 e. The van der Waals surface area contributed by atoms with Crippen LogP contribution in [-0.2, 0) is 4.74 Å². The van der Waals surface area contributed by atoms with Gasteiger partial charge in [-0.1, -0.05) is 0 Å². The number of nitrogens with zero attached hydrogens (tertiary/aromatic N) is 5. The summed E-state index contributed by atoms with van der Waals surface area (Å²) in [5.74, 6) is 1.96. The van der Waals surface area contributed by atoms with Gasteiger partial charge in [0.15, 0.2) is 17.3 Å². The summed E-state index contributed by atoms with van der Waals surface area (Å²) in [6.07, 6.45) is 5.74. The molecule has 0 spiro atoms. The van der Waals surface area contributed by atoms with Crippen molar-refractivity contribution in [3.05, 3.63) is 36.5 Å². The van der Waals surface area contributed by atoms with Gasteiger partial charge in [-0.3, -0.25) is 10.1 Å². The molecule has 0 unspecified atom stereocenters. The molecular formula is C18H20N8O3. The summed E-state index contributed by atoms with van der Waals surface area (Å²) in [4.78, 5) is 12.2. The zero-order valence-corrected chi connectivity index (χ0v) is 15.9. The van der Waals surface area contributed by atoms with E-state index in [2.05, 4.69) is 30.5 Å². The van der Waals surface area contributed by atoms with E-state index in [1.165, 1.54) is 12.4 Å². The average Bonchev–Trinajstić information content (AvgIpc) is 3.22. The molecule has 0 bridgehead atoms. The number of hydrogen-bond donors (Lipinski definition) is 3. The van der Waals surface area contributed by atoms with Gasteiger partial charge >= 0.3 is 0 Å². The first kappa shape index (κ1) is 20.0. The van der Waals surface area contributed by atoms with Crippen LogP contribution in [0.2, 0.25) is 0 Å². The van der Waals surface area contributed by atoms with Crippen molar-refractivity contribution in [2.75, 3.05) is 32.7 Å². The molecule has 0 aliphatic rings. The Morgan fingerprint density at radius 1 is 1.17 bits per heavy atom. The Bertz CT molecular complexity index is 980. The molecule has 1 atom stereocenters. The van der Waals surface area contributed by atoms with E-state index in [9.17, 15) is 0 Å². The van der Waals surface area contributed by atoms with Crippen molar-refractivity contribution in [2.24, 2.45) is 5.73 Å². The first-order valence-electron chi connectivity index (χ1n) is 8.61. The Hall–Kier alpha value is -3.75. The van der Waals surface area contributed by atoms with E-state index < -0.39 is 0 Å². The number of hydrogen-bond acceptors (Lipinski definition) is 10. The number of pyridine rings is 1. The van der Waals surface area contributed by atoms with Crippen LogP contribution in [0.1, 0.15) is 5.69 Å². The molecule has 3 aromatic heterocycles. The lowest BCUT2D eigenvalue weighted by atomic mass is 10.1. The number of nitriles is 1. The molecule has 0 aliphatic carbocycles. The molecule has 4 N–H and O–H groups in total. The van der Waals surface area contributed by atoms with Gasteiger partial charge in [0.2, 0.25) is 0 Å². The van der Waals surface area contributed by atoms with Gasteiger partial charge in [0.25, 0.3) is 0 Å². The fraction of sp³-hybridized carbons (Fsp3) is 0.278. The minimum atomic E-state index is -0.247. The molecule has 3 heterocycles. The highest BCUT2D eigenvalue weighted by Crippen LogP contribution is 2.37. The summed E-state index contributed by atoms with van der Waals surface area (Å²) >= 11 is 0. The minimum Gasteiger partial charge on any atom is -0.494 e. The van der Waals surface area contributed by atoms with E-state index in [0.29, 0.717) is 40.9 Å². The molecule has 3 aromatic rings. The van der Waals surface area contributed by atoms with Crippen molar-refractivity contribution < 1.29 is 14.2 Å². The van der Waals surface area contributed by atoms with E-state index >= 15 is 0 Å². The first-order chi connectivity index (χ1) is 14.2. The number of aromatic nitrogens is 5. The normalized spacial score (nSPS) is 11.5. The summed E-state index contributed by atoms with van der Waals surface area (Å²) in [7, 11) is 3.12. The molecule has 0 aromatic carbocycles. The highest BCUT2D eigenvalue weighted by atomic mass is 16.5. The molecule has 0 amide bonds. The number of anilines is 2. The lowest BCUT2D eigenvalue weighted by Crippen LogP contribution is -2.29. The second-order valence-electron chi connectivity index (χ2n) is 5.81. The fourth-order valence-electron chi connectivity index (χ4n) is 2.46. The number of aromatic amines is 1. The Morgan fingerprint density at radius 2 is 2.00 bits per heavy atom. The van der Waals surface area contributed by atoms with Crippen LogP contribution in [0, 0.1) is 11.3 Å². The van der Waals surface area contributed by atoms with Crippen molar-refractivity contribution in [2.45, 2.75) is 6.10 Å². The van der Waals surface area contributed by atoms with Crippen molar-refractivity contribution in [1.29, 1.82) is 5.26 Å². The van der Waals surface area contributed by atoms with Crippen LogP contribution < -0.4 is 20.5 Å². The lowest BCUT2D eigenvalue weighted by Gasteiger charge is -2.17. The molecule has 11 heteroatoms. The second-order valence-corrected chi connectivity index (χ2v) is 5.81. The van der Waals surface area contributed by atoms with Crippen molar-refractivity contribution in [3.8, 4) is 28.8 Å². The van der Waals surface area contributed by atoms with Crippen LogP contribution in [0.3, 0.4) is 0 Å². The van der Waals surface area contributed by atoms with E-state index in [-0.39, 0.29) is 18.4 Å². The molecule has 150 valence electrons. The predicted octanol–water partition coefficient (Wildman–Crippen LogP) is 1.24. The first-order valence-corrected chi connectivity index (χ1v) is 8.61. The third-order valence-corrected chi connectivity index (χ3v) is 3.99. The van der Waals surface area contributed by atoms with Crippen LogP contribution in [0.4, 0.5) is 11.6 Å². The quantitative estimate of drug-likeness (QED) is 0.480. The maximum absolute atomic E-state index is 8.80. The third-order valence-electron chi connectivity index (χ3n) is 3.99. The summed E-state index contributed by atoms with van der Waals surface area (Å²) in [6.45, 7) is 0.585. The highest BCUT2D eigenvalue weighted by Gasteiger charge is 2.18. The highest BCUT2D eigenvalue weighted by molar-refractivity contribution is 5.75. The van der Waals surface area contributed by atoms with Gasteiger partial charge < -0.3 is 25.3 Å². The van der Waals surface area contributed by atoms with E-state index in [1.807, 2.05) is 6.07 Å². The number of H-pyrrole nitrogens is 1. The Labute approximate surface area is 166 Å². The van der Waals surface area contributed by atoms with Crippen molar-refractivity contribution in [1.82, 2.24) is 25.1 Å². The van der Waals surface area contributed by atoms with Crippen LogP contribution in [-0.4, -0.2) is 58.6 Å². The van der Waals surface area contributed by atoms with Gasteiger partial charge in [-0.15, -0.1) is 0 Å². The van der Waals surface area contributed by atoms with Crippen LogP contribution in [0.15, 0.2) is 30.9 Å². The molecule has 0 aliphatic heterocycles. The Balaban J connectivity index is 1.84. The van der Waals surface area contributed by atoms with Gasteiger partial charge in [-0.25, -0.2) is 9.97 Å². The van der Waals surface area contributed by atoms with E-state index in [4.69, 9.17) is 25.2 Å². The molecule has 0 radical (unpaired) electrons. The smallest absolute Gasteiger partial charge is 0.158 e. The van der Waals surface area contributed by atoms with Crippen LogP contribution in [0.5, 0.6) is 11.5 Å². The molecule has 3 rings (SSSR count). The number of nitrogens with two attached hydrogens (primary N) is 1. The molecular weight excluding hydrogens is 376 g/mol. The summed E-state index contributed by atoms with van der Waals surface area (Å²) in [5, 5.41) is 19.0. The molecule has 0 fully saturated rings. The topological polar surface area (TPSA) is 157 Å². The van der Waals surface area contributed by atoms with Crippen LogP contribution >= 0.6 is 0 Å². The zero-order valence-electron chi connectivity index (χ0n) is 15.9. The zero-order chi connectivity index (χ0) is 20.6. The van der Waals surface area contributed by atoms with Crippen molar-refractivity contribution >= 4 is 11.6 Å². The summed E-state index contributed by atoms with van der Waals surface area (Å²) < 4.78 is 16.5. The second kappa shape index (κ2) is 9.45. The maximum atomic E-state index is 8.80. The lowest BCUT2D eigenvalue weighted by molar-refractivity contribution is 0.0644. The fourth-order valence-corrected chi connectivity index (χ4v) is 2.46. The molecule has 0 saturated carbocycles. The summed E-state index contributed by atoms with van der Waals surface area (Å²) in [5.41, 5.74) is 7.18. The third kappa shape index (κ3) is 4.75. The average molecular weight is 396 g/mol. The van der Waals surface area contributed by atoms with E-state index in [1.54, 1.807) is 32.7 Å². The monoisotopic (exact) mass is 396 g/mol. The Kier molecular flexibility index (Phi) is 6.51. The van der Waals surface area contributed by atoms with E-state index in [0.717, 1.165) is 0 Å². The summed E-state index contributed by atoms with van der Waals surface area (Å²) in [6, 6.07) is 3.68. The number of nitrogens with one attached hydrogen (secondary N) is 2. The van der Waals surface area contributed by atoms with Gasteiger partial charge in [-0.05, 0) is 0 Å². The van der Waals surface area contributed by atoms with Gasteiger partial charge in [0.1, 0.15) is 30.3 Å². The standard InChI is InChI=1S/C18H20N8O3/c1-27-12(5-20)10-29-15-8-21-7-14(28-2)18(15)13-3-16(26-25-13)24-17-9-22-11(4-19)6-23-17/h3,6-9,12H,5,10,20H2,1-2H3,(H2,23,24,25,26)/t12-/m0/s1. The number of ether oxygens (including phenoxy) is 3. The van der Waals surface area contributed by atoms with Gasteiger partial charge in [0, 0.05) is 19.7 Å². The Morgan fingerprint density at radius 3 is 2.66 bits per heavy atom. The minimum absolute atomic E-state index is 0.230. The van der Waals surface area contributed by atoms with Crippen molar-refractivity contribution in [3.63, 3.8) is 0 Å². The van der Waals surface area contributed by atoms with Gasteiger partial charge in [0.05, 0.1) is 43.2 Å². The number of methoxy groups -OCH3 is 2. The molecule has 29 heavy (non-hydrogen) atoms. The molecule has 0 saturated heterocycles. The predicted molar refractivity (Wildman–Crippen MR) is 104 cm³/mol. The largest absolute Gasteiger partial charge is 0.494 e. The molecule has 11 nitrogen and oxygen atoms in total.